The van der Waals surface area contributed by atoms with Crippen LogP contribution in [0.2, 0.25) is 0 Å². The smallest absolute Gasteiger partial charge is 0.255 e. The summed E-state index contributed by atoms with van der Waals surface area (Å²) < 4.78 is 26.4. The largest absolute Gasteiger partial charge is 0.396 e. The molecule has 98 valence electrons. The maximum absolute atomic E-state index is 13.2. The molecule has 0 aromatic heterocycles. The van der Waals surface area contributed by atoms with E-state index in [9.17, 15) is 13.6 Å². The molecule has 19 heavy (non-hydrogen) atoms. The predicted molar refractivity (Wildman–Crippen MR) is 69.9 cm³/mol. The van der Waals surface area contributed by atoms with Crippen LogP contribution < -0.4 is 11.1 Å². The molecule has 0 spiro atoms. The highest BCUT2D eigenvalue weighted by atomic mass is 19.1. The Bertz CT molecular complexity index is 621. The average molecular weight is 262 g/mol. The van der Waals surface area contributed by atoms with Gasteiger partial charge in [0, 0.05) is 11.3 Å². The number of hydrogen-bond donors (Lipinski definition) is 2. The van der Waals surface area contributed by atoms with E-state index in [4.69, 9.17) is 5.73 Å². The van der Waals surface area contributed by atoms with Gasteiger partial charge in [0.2, 0.25) is 0 Å². The molecule has 0 aliphatic heterocycles. The third kappa shape index (κ3) is 3.07. The Morgan fingerprint density at radius 3 is 2.53 bits per heavy atom. The second-order valence-corrected chi connectivity index (χ2v) is 4.21. The normalized spacial score (nSPS) is 10.3. The first-order chi connectivity index (χ1) is 8.95. The zero-order chi connectivity index (χ0) is 14.0. The van der Waals surface area contributed by atoms with E-state index in [0.29, 0.717) is 11.3 Å². The molecule has 0 saturated carbocycles. The van der Waals surface area contributed by atoms with E-state index >= 15 is 0 Å². The van der Waals surface area contributed by atoms with Crippen molar-refractivity contribution in [2.24, 2.45) is 0 Å². The van der Waals surface area contributed by atoms with Gasteiger partial charge in [-0.15, -0.1) is 0 Å². The van der Waals surface area contributed by atoms with E-state index < -0.39 is 17.5 Å². The van der Waals surface area contributed by atoms with Crippen molar-refractivity contribution in [3.05, 3.63) is 59.2 Å². The SMILES string of the molecule is Cc1cc(F)cc(NC(=O)c2ccc(N)c(F)c2)c1. The molecule has 5 heteroatoms. The van der Waals surface area contributed by atoms with E-state index in [1.54, 1.807) is 13.0 Å². The van der Waals surface area contributed by atoms with Gasteiger partial charge in [0.15, 0.2) is 0 Å². The lowest BCUT2D eigenvalue weighted by molar-refractivity contribution is 0.102. The van der Waals surface area contributed by atoms with Gasteiger partial charge < -0.3 is 11.1 Å². The van der Waals surface area contributed by atoms with Crippen molar-refractivity contribution in [2.75, 3.05) is 11.1 Å². The molecule has 0 aliphatic carbocycles. The third-order valence-electron chi connectivity index (χ3n) is 2.56. The second kappa shape index (κ2) is 5.06. The molecule has 0 bridgehead atoms. The first-order valence-corrected chi connectivity index (χ1v) is 5.59. The number of nitrogen functional groups attached to an aromatic ring is 1. The van der Waals surface area contributed by atoms with Crippen molar-refractivity contribution < 1.29 is 13.6 Å². The monoisotopic (exact) mass is 262 g/mol. The molecular weight excluding hydrogens is 250 g/mol. The lowest BCUT2D eigenvalue weighted by Crippen LogP contribution is -2.12. The maximum Gasteiger partial charge on any atom is 0.255 e. The first-order valence-electron chi connectivity index (χ1n) is 5.59. The fourth-order valence-electron chi connectivity index (χ4n) is 1.68. The van der Waals surface area contributed by atoms with E-state index in [0.717, 1.165) is 6.07 Å². The number of nitrogens with one attached hydrogen (secondary N) is 1. The van der Waals surface area contributed by atoms with E-state index in [1.165, 1.54) is 24.3 Å². The van der Waals surface area contributed by atoms with Crippen molar-refractivity contribution in [2.45, 2.75) is 6.92 Å². The molecule has 0 fully saturated rings. The van der Waals surface area contributed by atoms with Gasteiger partial charge in [0.05, 0.1) is 5.69 Å². The number of anilines is 2. The van der Waals surface area contributed by atoms with Crippen LogP contribution in [0.1, 0.15) is 15.9 Å². The number of aryl methyl sites for hydroxylation is 1. The first kappa shape index (κ1) is 13.0. The summed E-state index contributed by atoms with van der Waals surface area (Å²) in [4.78, 5) is 11.9. The minimum atomic E-state index is -0.664. The Morgan fingerprint density at radius 1 is 1.16 bits per heavy atom. The van der Waals surface area contributed by atoms with E-state index in [2.05, 4.69) is 5.32 Å². The summed E-state index contributed by atoms with van der Waals surface area (Å²) in [5.41, 5.74) is 6.41. The Kier molecular flexibility index (Phi) is 3.46. The van der Waals surface area contributed by atoms with Crippen molar-refractivity contribution in [3.8, 4) is 0 Å². The van der Waals surface area contributed by atoms with Gasteiger partial charge in [0.1, 0.15) is 11.6 Å². The van der Waals surface area contributed by atoms with Crippen LogP contribution in [0.3, 0.4) is 0 Å². The summed E-state index contributed by atoms with van der Waals surface area (Å²) in [6, 6.07) is 7.91. The topological polar surface area (TPSA) is 55.1 Å². The van der Waals surface area contributed by atoms with Crippen LogP contribution in [-0.4, -0.2) is 5.91 Å². The number of benzene rings is 2. The van der Waals surface area contributed by atoms with Crippen molar-refractivity contribution in [1.82, 2.24) is 0 Å². The summed E-state index contributed by atoms with van der Waals surface area (Å²) in [5.74, 6) is -1.63. The van der Waals surface area contributed by atoms with Crippen LogP contribution in [0.25, 0.3) is 0 Å². The predicted octanol–water partition coefficient (Wildman–Crippen LogP) is 3.11. The number of carbonyl (C=O) groups is 1. The van der Waals surface area contributed by atoms with Crippen molar-refractivity contribution in [1.29, 1.82) is 0 Å². The van der Waals surface area contributed by atoms with E-state index in [-0.39, 0.29) is 11.3 Å². The molecule has 0 saturated heterocycles. The highest BCUT2D eigenvalue weighted by Crippen LogP contribution is 2.16. The van der Waals surface area contributed by atoms with E-state index in [1.807, 2.05) is 0 Å². The standard InChI is InChI=1S/C14H12F2N2O/c1-8-4-10(15)7-11(5-8)18-14(19)9-2-3-13(17)12(16)6-9/h2-7H,17H2,1H3,(H,18,19). The summed E-state index contributed by atoms with van der Waals surface area (Å²) >= 11 is 0. The van der Waals surface area contributed by atoms with Crippen LogP contribution in [0.15, 0.2) is 36.4 Å². The van der Waals surface area contributed by atoms with Gasteiger partial charge in [-0.05, 0) is 48.9 Å². The molecule has 0 atom stereocenters. The molecule has 2 aromatic rings. The maximum atomic E-state index is 13.2. The lowest BCUT2D eigenvalue weighted by atomic mass is 10.1. The average Bonchev–Trinajstić information content (AvgIpc) is 2.31. The van der Waals surface area contributed by atoms with Crippen LogP contribution in [0, 0.1) is 18.6 Å². The molecule has 0 unspecified atom stereocenters. The van der Waals surface area contributed by atoms with Crippen LogP contribution >= 0.6 is 0 Å². The zero-order valence-corrected chi connectivity index (χ0v) is 10.2. The Balaban J connectivity index is 2.22. The highest BCUT2D eigenvalue weighted by Gasteiger charge is 2.09. The van der Waals surface area contributed by atoms with Crippen LogP contribution in [0.4, 0.5) is 20.2 Å². The molecule has 2 aromatic carbocycles. The number of amides is 1. The summed E-state index contributed by atoms with van der Waals surface area (Å²) in [5, 5.41) is 2.50. The minimum Gasteiger partial charge on any atom is -0.396 e. The molecule has 2 rings (SSSR count). The van der Waals surface area contributed by atoms with Gasteiger partial charge in [-0.2, -0.15) is 0 Å². The summed E-state index contributed by atoms with van der Waals surface area (Å²) in [6.07, 6.45) is 0. The highest BCUT2D eigenvalue weighted by molar-refractivity contribution is 6.04. The molecule has 1 amide bonds. The van der Waals surface area contributed by atoms with Crippen molar-refractivity contribution >= 4 is 17.3 Å². The quantitative estimate of drug-likeness (QED) is 0.817. The van der Waals surface area contributed by atoms with Gasteiger partial charge >= 0.3 is 0 Å². The van der Waals surface area contributed by atoms with Gasteiger partial charge in [-0.25, -0.2) is 8.78 Å². The fourth-order valence-corrected chi connectivity index (χ4v) is 1.68. The number of hydrogen-bond acceptors (Lipinski definition) is 2. The van der Waals surface area contributed by atoms with Gasteiger partial charge in [0.25, 0.3) is 5.91 Å². The Hall–Kier alpha value is -2.43. The number of nitrogens with two attached hydrogens (primary N) is 1. The third-order valence-corrected chi connectivity index (χ3v) is 2.56. The summed E-state index contributed by atoms with van der Waals surface area (Å²) in [6.45, 7) is 1.71. The van der Waals surface area contributed by atoms with Crippen molar-refractivity contribution in [3.63, 3.8) is 0 Å². The Morgan fingerprint density at radius 2 is 1.89 bits per heavy atom. The zero-order valence-electron chi connectivity index (χ0n) is 10.2. The van der Waals surface area contributed by atoms with Crippen LogP contribution in [-0.2, 0) is 0 Å². The number of halogens is 2. The molecule has 0 radical (unpaired) electrons. The minimum absolute atomic E-state index is 0.0295. The molecule has 0 aliphatic rings. The molecule has 0 heterocycles. The molecule has 3 N–H and O–H groups in total. The van der Waals surface area contributed by atoms with Gasteiger partial charge in [-0.1, -0.05) is 0 Å². The number of rotatable bonds is 2. The summed E-state index contributed by atoms with van der Waals surface area (Å²) in [7, 11) is 0. The molecule has 3 nitrogen and oxygen atoms in total. The lowest BCUT2D eigenvalue weighted by Gasteiger charge is -2.07. The van der Waals surface area contributed by atoms with Gasteiger partial charge in [-0.3, -0.25) is 4.79 Å². The number of carbonyl (C=O) groups excluding carboxylic acids is 1. The Labute approximate surface area is 109 Å². The molecular formula is C14H12F2N2O. The fraction of sp³-hybridized carbons (Fsp3) is 0.0714. The van der Waals surface area contributed by atoms with Crippen LogP contribution in [0.5, 0.6) is 0 Å². The second-order valence-electron chi connectivity index (χ2n) is 4.21.